The minimum absolute atomic E-state index is 0.0435. The van der Waals surface area contributed by atoms with E-state index < -0.39 is 12.1 Å². The van der Waals surface area contributed by atoms with E-state index in [1.807, 2.05) is 0 Å². The first-order valence-electron chi connectivity index (χ1n) is 9.75. The van der Waals surface area contributed by atoms with Gasteiger partial charge in [0.2, 0.25) is 5.75 Å². The van der Waals surface area contributed by atoms with Gasteiger partial charge in [-0.2, -0.15) is 0 Å². The minimum atomic E-state index is -1.06. The van der Waals surface area contributed by atoms with E-state index >= 15 is 0 Å². The molecule has 0 unspecified atom stereocenters. The lowest BCUT2D eigenvalue weighted by molar-refractivity contribution is -0.453. The van der Waals surface area contributed by atoms with Crippen LogP contribution in [0.5, 0.6) is 17.2 Å². The zero-order chi connectivity index (χ0) is 22.3. The summed E-state index contributed by atoms with van der Waals surface area (Å²) in [7, 11) is 4.27. The molecule has 0 heterocycles. The van der Waals surface area contributed by atoms with Crippen LogP contribution in [-0.2, 0) is 19.6 Å². The Hall–Kier alpha value is -2.68. The van der Waals surface area contributed by atoms with Crippen LogP contribution in [0.25, 0.3) is 0 Å². The molecule has 0 radical (unpaired) electrons. The van der Waals surface area contributed by atoms with Crippen molar-refractivity contribution in [1.82, 2.24) is 0 Å². The summed E-state index contributed by atoms with van der Waals surface area (Å²) >= 11 is 0. The van der Waals surface area contributed by atoms with Gasteiger partial charge in [0.15, 0.2) is 11.5 Å². The fourth-order valence-electron chi connectivity index (χ4n) is 3.53. The van der Waals surface area contributed by atoms with Crippen molar-refractivity contribution in [2.24, 2.45) is 11.3 Å². The van der Waals surface area contributed by atoms with Gasteiger partial charge in [0.25, 0.3) is 0 Å². The molecule has 0 aliphatic heterocycles. The van der Waals surface area contributed by atoms with Crippen molar-refractivity contribution in [1.29, 1.82) is 0 Å². The summed E-state index contributed by atoms with van der Waals surface area (Å²) in [6.07, 6.45) is 2.14. The van der Waals surface area contributed by atoms with Gasteiger partial charge >= 0.3 is 12.1 Å². The molecule has 1 aromatic rings. The number of ether oxygens (including phenoxy) is 4. The third kappa shape index (κ3) is 6.16. The minimum Gasteiger partial charge on any atom is -0.493 e. The Balaban J connectivity index is 1.81. The standard InChI is InChI=1S/C21H30O9/c1-21(2,3)14-7-9-15(10-8-14)27-20(23)29-30-28-19(22)13-11-16(24-4)18(26-6)17(12-13)25-5/h11-12,14-15H,7-10H2,1-6H3. The van der Waals surface area contributed by atoms with E-state index in [9.17, 15) is 9.59 Å². The van der Waals surface area contributed by atoms with Gasteiger partial charge in [0.05, 0.1) is 31.9 Å². The molecule has 30 heavy (non-hydrogen) atoms. The van der Waals surface area contributed by atoms with Crippen LogP contribution in [0.15, 0.2) is 12.1 Å². The zero-order valence-corrected chi connectivity index (χ0v) is 18.3. The Bertz CT molecular complexity index is 705. The molecule has 0 bridgehead atoms. The highest BCUT2D eigenvalue weighted by Crippen LogP contribution is 2.39. The second-order valence-corrected chi connectivity index (χ2v) is 8.14. The number of carbonyl (C=O) groups is 2. The van der Waals surface area contributed by atoms with E-state index in [2.05, 4.69) is 35.6 Å². The molecule has 0 spiro atoms. The lowest BCUT2D eigenvalue weighted by Gasteiger charge is -2.36. The van der Waals surface area contributed by atoms with Crippen molar-refractivity contribution in [3.8, 4) is 17.2 Å². The molecular formula is C21H30O9. The summed E-state index contributed by atoms with van der Waals surface area (Å²) in [5, 5.41) is 4.30. The van der Waals surface area contributed by atoms with Gasteiger partial charge in [0.1, 0.15) is 6.10 Å². The highest BCUT2D eigenvalue weighted by Gasteiger charge is 2.31. The molecule has 0 N–H and O–H groups in total. The molecule has 1 aliphatic rings. The predicted molar refractivity (Wildman–Crippen MR) is 105 cm³/mol. The number of rotatable bonds is 7. The van der Waals surface area contributed by atoms with E-state index in [4.69, 9.17) is 18.9 Å². The molecule has 168 valence electrons. The number of hydrogen-bond donors (Lipinski definition) is 0. The number of benzene rings is 1. The molecule has 1 aromatic carbocycles. The number of hydrogen-bond acceptors (Lipinski definition) is 9. The summed E-state index contributed by atoms with van der Waals surface area (Å²) in [5.74, 6) is 0.500. The van der Waals surface area contributed by atoms with Crippen molar-refractivity contribution in [3.63, 3.8) is 0 Å². The lowest BCUT2D eigenvalue weighted by Crippen LogP contribution is -2.30. The van der Waals surface area contributed by atoms with Gasteiger partial charge in [-0.25, -0.2) is 14.5 Å². The van der Waals surface area contributed by atoms with E-state index in [1.54, 1.807) is 0 Å². The summed E-state index contributed by atoms with van der Waals surface area (Å²) in [5.41, 5.74) is 0.275. The van der Waals surface area contributed by atoms with Gasteiger partial charge in [-0.3, -0.25) is 4.89 Å². The third-order valence-electron chi connectivity index (χ3n) is 5.27. The largest absolute Gasteiger partial charge is 0.543 e. The van der Waals surface area contributed by atoms with Gasteiger partial charge in [-0.15, -0.1) is 0 Å². The maximum atomic E-state index is 12.2. The van der Waals surface area contributed by atoms with Gasteiger partial charge in [-0.05, 0) is 49.1 Å². The average molecular weight is 426 g/mol. The third-order valence-corrected chi connectivity index (χ3v) is 5.27. The van der Waals surface area contributed by atoms with Crippen LogP contribution in [-0.4, -0.2) is 39.6 Å². The molecule has 0 saturated heterocycles. The van der Waals surface area contributed by atoms with Crippen LogP contribution < -0.4 is 14.2 Å². The van der Waals surface area contributed by atoms with E-state index in [0.717, 1.165) is 25.7 Å². The maximum absolute atomic E-state index is 12.2. The summed E-state index contributed by atoms with van der Waals surface area (Å²) in [6, 6.07) is 2.75. The first-order chi connectivity index (χ1) is 14.2. The fourth-order valence-corrected chi connectivity index (χ4v) is 3.53. The van der Waals surface area contributed by atoms with Crippen molar-refractivity contribution in [3.05, 3.63) is 17.7 Å². The highest BCUT2D eigenvalue weighted by atomic mass is 17.5. The average Bonchev–Trinajstić information content (AvgIpc) is 2.72. The molecule has 1 saturated carbocycles. The molecule has 0 amide bonds. The van der Waals surface area contributed by atoms with Crippen molar-refractivity contribution in [2.75, 3.05) is 21.3 Å². The summed E-state index contributed by atoms with van der Waals surface area (Å²) in [4.78, 5) is 32.8. The van der Waals surface area contributed by atoms with Crippen molar-refractivity contribution >= 4 is 12.1 Å². The van der Waals surface area contributed by atoms with Crippen molar-refractivity contribution in [2.45, 2.75) is 52.6 Å². The second-order valence-electron chi connectivity index (χ2n) is 8.14. The fraction of sp³-hybridized carbons (Fsp3) is 0.619. The van der Waals surface area contributed by atoms with Gasteiger partial charge in [0, 0.05) is 0 Å². The number of carbonyl (C=O) groups excluding carboxylic acids is 2. The lowest BCUT2D eigenvalue weighted by atomic mass is 9.72. The van der Waals surface area contributed by atoms with Gasteiger partial charge in [-0.1, -0.05) is 20.8 Å². The Kier molecular flexibility index (Phi) is 8.16. The topological polar surface area (TPSA) is 98.8 Å². The second kappa shape index (κ2) is 10.4. The van der Waals surface area contributed by atoms with Crippen LogP contribution in [0.3, 0.4) is 0 Å². The molecule has 0 aromatic heterocycles. The Morgan fingerprint density at radius 3 is 1.90 bits per heavy atom. The van der Waals surface area contributed by atoms with Crippen LogP contribution in [0.1, 0.15) is 56.8 Å². The Labute approximate surface area is 176 Å². The molecule has 2 rings (SSSR count). The van der Waals surface area contributed by atoms with E-state index in [-0.39, 0.29) is 28.6 Å². The molecule has 9 heteroatoms. The quantitative estimate of drug-likeness (QED) is 0.355. The van der Waals surface area contributed by atoms with Crippen LogP contribution in [0.2, 0.25) is 0 Å². The van der Waals surface area contributed by atoms with Crippen LogP contribution >= 0.6 is 0 Å². The first kappa shape index (κ1) is 23.6. The normalized spacial score (nSPS) is 18.9. The Morgan fingerprint density at radius 1 is 0.867 bits per heavy atom. The van der Waals surface area contributed by atoms with Crippen LogP contribution in [0.4, 0.5) is 4.79 Å². The highest BCUT2D eigenvalue weighted by molar-refractivity contribution is 5.90. The molecular weight excluding hydrogens is 396 g/mol. The van der Waals surface area contributed by atoms with Gasteiger partial charge < -0.3 is 18.9 Å². The maximum Gasteiger partial charge on any atom is 0.543 e. The van der Waals surface area contributed by atoms with E-state index in [1.165, 1.54) is 33.5 Å². The first-order valence-corrected chi connectivity index (χ1v) is 9.75. The SMILES string of the molecule is COc1cc(C(=O)OOOC(=O)OC2CCC(C(C)(C)C)CC2)cc(OC)c1OC. The summed E-state index contributed by atoms with van der Waals surface area (Å²) in [6.45, 7) is 6.63. The molecule has 0 atom stereocenters. The molecule has 1 aliphatic carbocycles. The zero-order valence-electron chi connectivity index (χ0n) is 18.3. The predicted octanol–water partition coefficient (Wildman–Crippen LogP) is 4.47. The van der Waals surface area contributed by atoms with E-state index in [0.29, 0.717) is 11.7 Å². The van der Waals surface area contributed by atoms with Crippen molar-refractivity contribution < 1.29 is 43.3 Å². The van der Waals surface area contributed by atoms with Crippen LogP contribution in [0, 0.1) is 11.3 Å². The summed E-state index contributed by atoms with van der Waals surface area (Å²) < 4.78 is 20.7. The number of methoxy groups -OCH3 is 3. The molecule has 9 nitrogen and oxygen atoms in total. The monoisotopic (exact) mass is 426 g/mol. The smallest absolute Gasteiger partial charge is 0.493 e. The Morgan fingerprint density at radius 2 is 1.43 bits per heavy atom. The molecule has 1 fully saturated rings.